The lowest BCUT2D eigenvalue weighted by molar-refractivity contribution is -0.122. The summed E-state index contributed by atoms with van der Waals surface area (Å²) >= 11 is 5.78. The predicted molar refractivity (Wildman–Crippen MR) is 112 cm³/mol. The van der Waals surface area contributed by atoms with Gasteiger partial charge >= 0.3 is 0 Å². The largest absolute Gasteiger partial charge is 0.346 e. The summed E-state index contributed by atoms with van der Waals surface area (Å²) in [5.41, 5.74) is 3.90. The first kappa shape index (κ1) is 18.6. The van der Waals surface area contributed by atoms with Gasteiger partial charge in [-0.05, 0) is 42.8 Å². The minimum atomic E-state index is -0.123. The molecule has 0 atom stereocenters. The molecule has 6 heteroatoms. The van der Waals surface area contributed by atoms with Crippen molar-refractivity contribution in [3.8, 4) is 0 Å². The van der Waals surface area contributed by atoms with Crippen molar-refractivity contribution in [3.05, 3.63) is 70.3 Å². The average molecular weight is 384 g/mol. The van der Waals surface area contributed by atoms with E-state index in [1.165, 1.54) is 16.7 Å². The Balaban J connectivity index is 1.91. The Labute approximate surface area is 163 Å². The fourth-order valence-electron chi connectivity index (χ4n) is 2.95. The van der Waals surface area contributed by atoms with E-state index in [0.717, 1.165) is 27.4 Å². The Hall–Kier alpha value is -2.18. The number of nitrogens with zero attached hydrogens (tertiary/aromatic N) is 2. The molecule has 4 nitrogen and oxygen atoms in total. The molecule has 26 heavy (non-hydrogen) atoms. The molecule has 1 N–H and O–H groups in total. The Bertz CT molecular complexity index is 873. The summed E-state index contributed by atoms with van der Waals surface area (Å²) in [6.45, 7) is 4.35. The molecule has 1 fully saturated rings. The van der Waals surface area contributed by atoms with E-state index >= 15 is 0 Å². The van der Waals surface area contributed by atoms with Gasteiger partial charge in [-0.1, -0.05) is 42.5 Å². The fraction of sp³-hybridized carbons (Fsp3) is 0.200. The maximum absolute atomic E-state index is 12.9. The second-order valence-electron chi connectivity index (χ2n) is 6.20. The minimum Gasteiger partial charge on any atom is -0.346 e. The first-order valence-electron chi connectivity index (χ1n) is 8.25. The van der Waals surface area contributed by atoms with E-state index in [-0.39, 0.29) is 11.1 Å². The lowest BCUT2D eigenvalue weighted by Gasteiger charge is -2.24. The minimum absolute atomic E-state index is 0.123. The quantitative estimate of drug-likeness (QED) is 0.596. The van der Waals surface area contributed by atoms with E-state index in [4.69, 9.17) is 5.41 Å². The zero-order valence-electron chi connectivity index (χ0n) is 15.0. The van der Waals surface area contributed by atoms with Crippen LogP contribution in [-0.4, -0.2) is 23.0 Å². The number of amides is 1. The van der Waals surface area contributed by atoms with Crippen LogP contribution in [0.25, 0.3) is 0 Å². The number of benzene rings is 2. The summed E-state index contributed by atoms with van der Waals surface area (Å²) in [4.78, 5) is 17.9. The summed E-state index contributed by atoms with van der Waals surface area (Å²) in [6, 6.07) is 15.7. The Kier molecular flexibility index (Phi) is 5.44. The van der Waals surface area contributed by atoms with E-state index in [1.807, 2.05) is 74.3 Å². The molecule has 134 valence electrons. The number of nitrogens with one attached hydrogen (secondary N) is 1. The summed E-state index contributed by atoms with van der Waals surface area (Å²) in [5.74, 6) is -0.123. The molecule has 1 aliphatic rings. The SMILES string of the molecule is C/C(=C1\SC(=N)N(Cc2ccccc2)C1=O)N(C)c1c(C)cccc1S. The molecule has 0 saturated carbocycles. The second-order valence-corrected chi connectivity index (χ2v) is 7.68. The van der Waals surface area contributed by atoms with E-state index in [1.54, 1.807) is 0 Å². The van der Waals surface area contributed by atoms with Crippen LogP contribution in [0.2, 0.25) is 0 Å². The number of aryl methyl sites for hydroxylation is 1. The van der Waals surface area contributed by atoms with Crippen LogP contribution >= 0.6 is 24.4 Å². The fourth-order valence-corrected chi connectivity index (χ4v) is 4.29. The molecule has 1 amide bonds. The maximum atomic E-state index is 12.9. The zero-order valence-corrected chi connectivity index (χ0v) is 16.7. The van der Waals surface area contributed by atoms with Gasteiger partial charge in [0.1, 0.15) is 0 Å². The van der Waals surface area contributed by atoms with Crippen LogP contribution in [0.4, 0.5) is 5.69 Å². The molecule has 0 aromatic heterocycles. The predicted octanol–water partition coefficient (Wildman–Crippen LogP) is 4.66. The molecule has 0 unspecified atom stereocenters. The lowest BCUT2D eigenvalue weighted by atomic mass is 10.1. The number of rotatable bonds is 4. The van der Waals surface area contributed by atoms with Crippen LogP contribution < -0.4 is 4.90 Å². The third-order valence-corrected chi connectivity index (χ3v) is 5.90. The highest BCUT2D eigenvalue weighted by Crippen LogP contribution is 2.37. The molecule has 1 aliphatic heterocycles. The third-order valence-electron chi connectivity index (χ3n) is 4.45. The molecule has 3 rings (SSSR count). The molecular formula is C20H21N3OS2. The topological polar surface area (TPSA) is 47.4 Å². The smallest absolute Gasteiger partial charge is 0.268 e. The van der Waals surface area contributed by atoms with E-state index in [2.05, 4.69) is 12.6 Å². The normalized spacial score (nSPS) is 16.2. The number of amidine groups is 1. The van der Waals surface area contributed by atoms with Crippen LogP contribution in [-0.2, 0) is 11.3 Å². The number of hydrogen-bond donors (Lipinski definition) is 2. The first-order chi connectivity index (χ1) is 12.4. The number of allylic oxidation sites excluding steroid dienone is 1. The Morgan fingerprint density at radius 1 is 1.19 bits per heavy atom. The van der Waals surface area contributed by atoms with Crippen molar-refractivity contribution in [2.75, 3.05) is 11.9 Å². The van der Waals surface area contributed by atoms with Crippen LogP contribution in [0.15, 0.2) is 64.0 Å². The van der Waals surface area contributed by atoms with Crippen LogP contribution in [0, 0.1) is 12.3 Å². The van der Waals surface area contributed by atoms with Gasteiger partial charge in [-0.25, -0.2) is 0 Å². The molecule has 2 aromatic rings. The standard InChI is InChI=1S/C20H21N3OS2/c1-13-8-7-11-16(25)17(13)22(3)14(2)18-19(24)23(20(21)26-18)12-15-9-5-4-6-10-15/h4-11,21,25H,12H2,1-3H3/b18-14+,21-20?. The van der Waals surface area contributed by atoms with Crippen molar-refractivity contribution >= 4 is 41.2 Å². The van der Waals surface area contributed by atoms with Gasteiger partial charge in [-0.2, -0.15) is 0 Å². The number of para-hydroxylation sites is 1. The number of anilines is 1. The summed E-state index contributed by atoms with van der Waals surface area (Å²) in [6.07, 6.45) is 0. The van der Waals surface area contributed by atoms with Crippen molar-refractivity contribution in [3.63, 3.8) is 0 Å². The monoisotopic (exact) mass is 383 g/mol. The number of thiol groups is 1. The molecular weight excluding hydrogens is 362 g/mol. The van der Waals surface area contributed by atoms with E-state index in [0.29, 0.717) is 11.4 Å². The van der Waals surface area contributed by atoms with Gasteiger partial charge in [0, 0.05) is 17.6 Å². The van der Waals surface area contributed by atoms with Gasteiger partial charge in [0.25, 0.3) is 5.91 Å². The summed E-state index contributed by atoms with van der Waals surface area (Å²) < 4.78 is 0. The van der Waals surface area contributed by atoms with Gasteiger partial charge in [0.05, 0.1) is 17.1 Å². The molecule has 2 aromatic carbocycles. The number of carbonyl (C=O) groups excluding carboxylic acids is 1. The van der Waals surface area contributed by atoms with Crippen molar-refractivity contribution in [2.45, 2.75) is 25.3 Å². The first-order valence-corrected chi connectivity index (χ1v) is 9.52. The summed E-state index contributed by atoms with van der Waals surface area (Å²) in [7, 11) is 1.93. The van der Waals surface area contributed by atoms with E-state index < -0.39 is 0 Å². The van der Waals surface area contributed by atoms with Gasteiger partial charge in [-0.3, -0.25) is 15.1 Å². The van der Waals surface area contributed by atoms with Crippen molar-refractivity contribution < 1.29 is 4.79 Å². The molecule has 0 radical (unpaired) electrons. The lowest BCUT2D eigenvalue weighted by Crippen LogP contribution is -2.29. The third kappa shape index (κ3) is 3.52. The second kappa shape index (κ2) is 7.60. The van der Waals surface area contributed by atoms with Crippen LogP contribution in [0.3, 0.4) is 0 Å². The van der Waals surface area contributed by atoms with Crippen molar-refractivity contribution in [1.82, 2.24) is 4.90 Å². The maximum Gasteiger partial charge on any atom is 0.268 e. The average Bonchev–Trinajstić information content (AvgIpc) is 2.90. The van der Waals surface area contributed by atoms with Gasteiger partial charge in [0.15, 0.2) is 5.17 Å². The molecule has 0 spiro atoms. The zero-order chi connectivity index (χ0) is 18.8. The number of thioether (sulfide) groups is 1. The van der Waals surface area contributed by atoms with Gasteiger partial charge in [0.2, 0.25) is 0 Å². The van der Waals surface area contributed by atoms with E-state index in [9.17, 15) is 4.79 Å². The molecule has 0 aliphatic carbocycles. The van der Waals surface area contributed by atoms with Gasteiger partial charge in [-0.15, -0.1) is 12.6 Å². The van der Waals surface area contributed by atoms with Crippen molar-refractivity contribution in [1.29, 1.82) is 5.41 Å². The Morgan fingerprint density at radius 3 is 2.54 bits per heavy atom. The Morgan fingerprint density at radius 2 is 1.88 bits per heavy atom. The van der Waals surface area contributed by atoms with Crippen LogP contribution in [0.1, 0.15) is 18.1 Å². The highest BCUT2D eigenvalue weighted by Gasteiger charge is 2.34. The van der Waals surface area contributed by atoms with Crippen molar-refractivity contribution in [2.24, 2.45) is 0 Å². The number of hydrogen-bond acceptors (Lipinski definition) is 5. The highest BCUT2D eigenvalue weighted by molar-refractivity contribution is 8.18. The van der Waals surface area contributed by atoms with Crippen LogP contribution in [0.5, 0.6) is 0 Å². The molecule has 0 bridgehead atoms. The molecule has 1 heterocycles. The summed E-state index contributed by atoms with van der Waals surface area (Å²) in [5, 5.41) is 8.50. The molecule has 1 saturated heterocycles. The highest BCUT2D eigenvalue weighted by atomic mass is 32.2. The number of carbonyl (C=O) groups is 1. The van der Waals surface area contributed by atoms with Gasteiger partial charge < -0.3 is 4.90 Å².